The number of nitrogens with one attached hydrogen (secondary N) is 3. The van der Waals surface area contributed by atoms with Gasteiger partial charge >= 0.3 is 18.1 Å². The number of hydrogen-bond acceptors (Lipinski definition) is 8. The lowest BCUT2D eigenvalue weighted by Crippen LogP contribution is -2.43. The molecule has 0 aliphatic heterocycles. The predicted molar refractivity (Wildman–Crippen MR) is 100.0 cm³/mol. The van der Waals surface area contributed by atoms with Crippen molar-refractivity contribution in [2.45, 2.75) is 44.3 Å². The van der Waals surface area contributed by atoms with Gasteiger partial charge in [-0.05, 0) is 12.8 Å². The van der Waals surface area contributed by atoms with E-state index in [1.165, 1.54) is 6.33 Å². The first-order valence-electron chi connectivity index (χ1n) is 9.16. The van der Waals surface area contributed by atoms with Crippen molar-refractivity contribution >= 4 is 23.8 Å². The van der Waals surface area contributed by atoms with E-state index < -0.39 is 35.2 Å². The number of imidazole rings is 1. The summed E-state index contributed by atoms with van der Waals surface area (Å²) >= 11 is 0. The number of carbonyl (C=O) groups excluding carboxylic acids is 2. The molecule has 0 aliphatic carbocycles. The predicted octanol–water partition coefficient (Wildman–Crippen LogP) is 0.0398. The van der Waals surface area contributed by atoms with Gasteiger partial charge in [-0.15, -0.1) is 10.1 Å². The van der Waals surface area contributed by atoms with Gasteiger partial charge in [-0.25, -0.2) is 14.6 Å². The number of rotatable bonds is 13. The summed E-state index contributed by atoms with van der Waals surface area (Å²) in [6.45, 7) is -0.0138. The van der Waals surface area contributed by atoms with Crippen molar-refractivity contribution in [1.82, 2.24) is 20.6 Å². The van der Waals surface area contributed by atoms with Crippen LogP contribution >= 0.6 is 0 Å². The number of H-pyrrole nitrogens is 1. The van der Waals surface area contributed by atoms with E-state index in [0.29, 0.717) is 18.5 Å². The highest BCUT2D eigenvalue weighted by atomic mass is 19.4. The third-order valence-electron chi connectivity index (χ3n) is 3.51. The van der Waals surface area contributed by atoms with Crippen LogP contribution in [-0.4, -0.2) is 74.4 Å². The minimum absolute atomic E-state index is 0.0448. The van der Waals surface area contributed by atoms with Gasteiger partial charge in [-0.1, -0.05) is 0 Å². The maximum atomic E-state index is 11.8. The molecule has 1 rings (SSSR count). The van der Waals surface area contributed by atoms with E-state index in [9.17, 15) is 37.7 Å². The SMILES string of the molecule is O=C(CCCCO[N+](=O)[O-])NCCC(=O)NC(Cc1c[nH]cn1)C(=O)O.O=C(O)C(F)(F)F. The number of aromatic nitrogens is 2. The minimum atomic E-state index is -5.08. The molecule has 1 heterocycles. The van der Waals surface area contributed by atoms with Crippen LogP contribution in [0.25, 0.3) is 0 Å². The summed E-state index contributed by atoms with van der Waals surface area (Å²) in [5, 5.41) is 30.2. The van der Waals surface area contributed by atoms with Gasteiger partial charge in [0.1, 0.15) is 6.04 Å². The summed E-state index contributed by atoms with van der Waals surface area (Å²) in [6.07, 6.45) is -1.23. The second-order valence-corrected chi connectivity index (χ2v) is 6.14. The van der Waals surface area contributed by atoms with Gasteiger partial charge in [-0.2, -0.15) is 13.2 Å². The summed E-state index contributed by atoms with van der Waals surface area (Å²) < 4.78 is 31.7. The molecule has 33 heavy (non-hydrogen) atoms. The van der Waals surface area contributed by atoms with Gasteiger partial charge in [0.15, 0.2) is 0 Å². The first kappa shape index (κ1) is 29.1. The number of nitrogens with zero attached hydrogens (tertiary/aromatic N) is 2. The summed E-state index contributed by atoms with van der Waals surface area (Å²) in [5.41, 5.74) is 0.507. The highest BCUT2D eigenvalue weighted by molar-refractivity contribution is 5.84. The number of amides is 2. The van der Waals surface area contributed by atoms with E-state index in [0.717, 1.165) is 0 Å². The molecule has 14 nitrogen and oxygen atoms in total. The molecule has 17 heteroatoms. The Morgan fingerprint density at radius 1 is 1.18 bits per heavy atom. The van der Waals surface area contributed by atoms with Crippen molar-refractivity contribution < 1.29 is 52.5 Å². The molecule has 0 aromatic carbocycles. The topological polar surface area (TPSA) is 214 Å². The fourth-order valence-corrected chi connectivity index (χ4v) is 2.01. The number of carboxylic acid groups (broad SMARTS) is 2. The molecule has 0 saturated carbocycles. The van der Waals surface area contributed by atoms with Crippen LogP contribution in [0.4, 0.5) is 13.2 Å². The molecule has 0 saturated heterocycles. The number of carbonyl (C=O) groups is 4. The van der Waals surface area contributed by atoms with E-state index in [4.69, 9.17) is 15.0 Å². The second kappa shape index (κ2) is 15.0. The molecule has 1 atom stereocenters. The average Bonchev–Trinajstić information content (AvgIpc) is 3.19. The zero-order chi connectivity index (χ0) is 25.4. The Hall–Kier alpha value is -3.92. The van der Waals surface area contributed by atoms with Crippen LogP contribution in [0, 0.1) is 10.1 Å². The number of halogens is 3. The number of aliphatic carboxylic acids is 2. The largest absolute Gasteiger partial charge is 0.490 e. The summed E-state index contributed by atoms with van der Waals surface area (Å²) in [4.78, 5) is 64.1. The standard InChI is InChI=1S/C14H21N5O7.C2HF3O2/c20-12(3-1-2-6-26-19(24)25)16-5-4-13(21)18-11(14(22)23)7-10-8-15-9-17-10;3-2(4,5)1(6)7/h8-9,11H,1-7H2,(H,15,17)(H,16,20)(H,18,21)(H,22,23);(H,6,7). The zero-order valence-electron chi connectivity index (χ0n) is 17.0. The molecule has 1 aromatic rings. The summed E-state index contributed by atoms with van der Waals surface area (Å²) in [6, 6.07) is -1.11. The van der Waals surface area contributed by atoms with Crippen molar-refractivity contribution in [2.75, 3.05) is 13.2 Å². The third kappa shape index (κ3) is 15.5. The van der Waals surface area contributed by atoms with Gasteiger partial charge in [0.2, 0.25) is 11.8 Å². The normalized spacial score (nSPS) is 11.4. The van der Waals surface area contributed by atoms with Crippen LogP contribution in [0.2, 0.25) is 0 Å². The molecule has 1 unspecified atom stereocenters. The van der Waals surface area contributed by atoms with Crippen LogP contribution in [0.1, 0.15) is 31.4 Å². The van der Waals surface area contributed by atoms with Crippen molar-refractivity contribution in [3.63, 3.8) is 0 Å². The van der Waals surface area contributed by atoms with Crippen molar-refractivity contribution in [3.8, 4) is 0 Å². The third-order valence-corrected chi connectivity index (χ3v) is 3.51. The molecule has 5 N–H and O–H groups in total. The Morgan fingerprint density at radius 3 is 2.30 bits per heavy atom. The van der Waals surface area contributed by atoms with Gasteiger partial charge in [0.05, 0.1) is 18.6 Å². The number of carboxylic acids is 2. The molecule has 1 aromatic heterocycles. The smallest absolute Gasteiger partial charge is 0.480 e. The van der Waals surface area contributed by atoms with Crippen molar-refractivity contribution in [2.24, 2.45) is 0 Å². The highest BCUT2D eigenvalue weighted by Gasteiger charge is 2.38. The second-order valence-electron chi connectivity index (χ2n) is 6.14. The van der Waals surface area contributed by atoms with E-state index in [1.54, 1.807) is 6.20 Å². The Labute approximate surface area is 183 Å². The van der Waals surface area contributed by atoms with Crippen LogP contribution in [-0.2, 0) is 30.4 Å². The molecule has 186 valence electrons. The minimum Gasteiger partial charge on any atom is -0.480 e. The Balaban J connectivity index is 0.00000126. The quantitative estimate of drug-likeness (QED) is 0.144. The molecule has 0 bridgehead atoms. The summed E-state index contributed by atoms with van der Waals surface area (Å²) in [7, 11) is 0. The van der Waals surface area contributed by atoms with E-state index >= 15 is 0 Å². The highest BCUT2D eigenvalue weighted by Crippen LogP contribution is 2.13. The lowest BCUT2D eigenvalue weighted by atomic mass is 10.1. The number of unbranched alkanes of at least 4 members (excludes halogenated alkanes) is 1. The lowest BCUT2D eigenvalue weighted by Gasteiger charge is -2.13. The van der Waals surface area contributed by atoms with E-state index in [-0.39, 0.29) is 38.3 Å². The molecule has 0 spiro atoms. The van der Waals surface area contributed by atoms with Crippen LogP contribution in [0.5, 0.6) is 0 Å². The fourth-order valence-electron chi connectivity index (χ4n) is 2.01. The first-order valence-corrected chi connectivity index (χ1v) is 9.16. The monoisotopic (exact) mass is 485 g/mol. The lowest BCUT2D eigenvalue weighted by molar-refractivity contribution is -0.757. The van der Waals surface area contributed by atoms with Gasteiger partial charge in [0.25, 0.3) is 5.09 Å². The Bertz CT molecular complexity index is 787. The number of alkyl halides is 3. The van der Waals surface area contributed by atoms with Crippen molar-refractivity contribution in [1.29, 1.82) is 0 Å². The first-order chi connectivity index (χ1) is 15.3. The molecule has 0 aliphatic rings. The molecule has 2 amide bonds. The average molecular weight is 485 g/mol. The maximum absolute atomic E-state index is 11.8. The number of aromatic amines is 1. The van der Waals surface area contributed by atoms with Crippen LogP contribution in [0.3, 0.4) is 0 Å². The zero-order valence-corrected chi connectivity index (χ0v) is 17.0. The molecule has 0 radical (unpaired) electrons. The van der Waals surface area contributed by atoms with E-state index in [1.807, 2.05) is 0 Å². The molecular formula is C16H22F3N5O9. The van der Waals surface area contributed by atoms with E-state index in [2.05, 4.69) is 25.4 Å². The van der Waals surface area contributed by atoms with Gasteiger partial charge in [0, 0.05) is 32.0 Å². The number of hydrogen-bond donors (Lipinski definition) is 5. The maximum Gasteiger partial charge on any atom is 0.490 e. The Morgan fingerprint density at radius 2 is 1.82 bits per heavy atom. The van der Waals surface area contributed by atoms with Crippen LogP contribution < -0.4 is 10.6 Å². The van der Waals surface area contributed by atoms with Gasteiger partial charge in [-0.3, -0.25) is 9.59 Å². The van der Waals surface area contributed by atoms with Crippen molar-refractivity contribution in [3.05, 3.63) is 28.3 Å². The van der Waals surface area contributed by atoms with Crippen LogP contribution in [0.15, 0.2) is 12.5 Å². The summed E-state index contributed by atoms with van der Waals surface area (Å²) in [5.74, 6) is -4.74. The Kier molecular flexibility index (Phi) is 13.2. The fraction of sp³-hybridized carbons (Fsp3) is 0.562. The molecular weight excluding hydrogens is 463 g/mol. The molecule has 0 fully saturated rings. The van der Waals surface area contributed by atoms with Gasteiger partial charge < -0.3 is 30.7 Å².